The number of aromatic amines is 1. The van der Waals surface area contributed by atoms with E-state index in [1.807, 2.05) is 4.90 Å². The van der Waals surface area contributed by atoms with E-state index in [1.54, 1.807) is 0 Å². The second-order valence-electron chi connectivity index (χ2n) is 10.1. The van der Waals surface area contributed by atoms with Crippen LogP contribution in [-0.4, -0.2) is 45.3 Å². The molecule has 1 N–H and O–H groups in total. The maximum absolute atomic E-state index is 13.0. The van der Waals surface area contributed by atoms with Gasteiger partial charge < -0.3 is 9.88 Å². The van der Waals surface area contributed by atoms with Crippen LogP contribution in [0.2, 0.25) is 0 Å². The van der Waals surface area contributed by atoms with Crippen LogP contribution in [0.5, 0.6) is 0 Å². The van der Waals surface area contributed by atoms with E-state index in [4.69, 9.17) is 4.98 Å². The van der Waals surface area contributed by atoms with Crippen LogP contribution in [-0.2, 0) is 17.8 Å². The van der Waals surface area contributed by atoms with Gasteiger partial charge in [0.15, 0.2) is 0 Å². The van der Waals surface area contributed by atoms with Crippen molar-refractivity contribution in [2.75, 3.05) is 19.6 Å². The molecule has 1 saturated heterocycles. The number of fused-ring (bicyclic) bond motifs is 1. The highest BCUT2D eigenvalue weighted by molar-refractivity contribution is 5.77. The lowest BCUT2D eigenvalue weighted by atomic mass is 9.88. The van der Waals surface area contributed by atoms with E-state index < -0.39 is 0 Å². The van der Waals surface area contributed by atoms with Gasteiger partial charge in [-0.25, -0.2) is 4.98 Å². The van der Waals surface area contributed by atoms with Crippen molar-refractivity contribution in [2.45, 2.75) is 83.2 Å². The number of carbonyl (C=O) groups excluding carboxylic acids is 1. The third-order valence-corrected chi connectivity index (χ3v) is 7.85. The molecule has 6 nitrogen and oxygen atoms in total. The van der Waals surface area contributed by atoms with E-state index in [0.29, 0.717) is 18.2 Å². The number of hydrogen-bond acceptors (Lipinski definition) is 4. The van der Waals surface area contributed by atoms with Gasteiger partial charge in [-0.3, -0.25) is 14.5 Å². The molecule has 2 aliphatic carbocycles. The van der Waals surface area contributed by atoms with Gasteiger partial charge in [0.25, 0.3) is 5.56 Å². The number of hydrogen-bond donors (Lipinski definition) is 1. The molecule has 0 spiro atoms. The Hall–Kier alpha value is -1.95. The number of amides is 1. The highest BCUT2D eigenvalue weighted by atomic mass is 16.2. The summed E-state index contributed by atoms with van der Waals surface area (Å²) in [5.41, 5.74) is 1.81. The minimum Gasteiger partial charge on any atom is -0.332 e. The Kier molecular flexibility index (Phi) is 6.26. The average Bonchev–Trinajstić information content (AvgIpc) is 3.46. The van der Waals surface area contributed by atoms with Crippen LogP contribution in [0.25, 0.3) is 0 Å². The van der Waals surface area contributed by atoms with Crippen molar-refractivity contribution < 1.29 is 4.79 Å². The predicted molar refractivity (Wildman–Crippen MR) is 121 cm³/mol. The highest BCUT2D eigenvalue weighted by Crippen LogP contribution is 2.33. The minimum atomic E-state index is -0.0791. The molecule has 0 radical (unpaired) electrons. The Morgan fingerprint density at radius 2 is 1.97 bits per heavy atom. The fourth-order valence-corrected chi connectivity index (χ4v) is 6.12. The molecule has 0 aromatic carbocycles. The number of aromatic nitrogens is 2. The monoisotopic (exact) mass is 424 g/mol. The van der Waals surface area contributed by atoms with Gasteiger partial charge >= 0.3 is 0 Å². The van der Waals surface area contributed by atoms with Crippen molar-refractivity contribution in [3.05, 3.63) is 39.6 Å². The number of H-pyrrole nitrogens is 1. The smallest absolute Gasteiger partial charge is 0.254 e. The van der Waals surface area contributed by atoms with E-state index in [9.17, 15) is 9.59 Å². The summed E-state index contributed by atoms with van der Waals surface area (Å²) < 4.78 is 0. The summed E-state index contributed by atoms with van der Waals surface area (Å²) in [6.07, 6.45) is 16.5. The molecule has 1 aromatic rings. The first-order valence-corrected chi connectivity index (χ1v) is 12.5. The van der Waals surface area contributed by atoms with Crippen LogP contribution >= 0.6 is 0 Å². The summed E-state index contributed by atoms with van der Waals surface area (Å²) in [6.45, 7) is 3.63. The lowest BCUT2D eigenvalue weighted by Crippen LogP contribution is -2.39. The fraction of sp³-hybridized carbons (Fsp3) is 0.720. The number of nitrogens with one attached hydrogen (secondary N) is 1. The van der Waals surface area contributed by atoms with Gasteiger partial charge in [0.1, 0.15) is 5.82 Å². The Balaban J connectivity index is 1.30. The lowest BCUT2D eigenvalue weighted by molar-refractivity contribution is -0.133. The van der Waals surface area contributed by atoms with Crippen LogP contribution in [0.1, 0.15) is 87.3 Å². The zero-order chi connectivity index (χ0) is 21.2. The molecule has 3 heterocycles. The first kappa shape index (κ1) is 20.9. The lowest BCUT2D eigenvalue weighted by Gasteiger charge is -2.33. The first-order chi connectivity index (χ1) is 15.2. The standard InChI is InChI=1S/C25H36N4O2/c30-23(15-18-7-4-5-8-18)29-13-6-11-22(29)24-26-21-17-28(14-12-20(21)25(31)27-24)16-19-9-2-1-3-10-19/h4,7,18-19,22H,1-3,5-6,8-17H2,(H,26,27,31)/t18-,22+/m0/s1. The molecule has 168 valence electrons. The molecule has 2 atom stereocenters. The normalized spacial score (nSPS) is 27.0. The van der Waals surface area contributed by atoms with E-state index in [1.165, 1.54) is 32.1 Å². The Bertz CT molecular complexity index is 886. The summed E-state index contributed by atoms with van der Waals surface area (Å²) in [4.78, 5) is 38.4. The minimum absolute atomic E-state index is 0.00958. The van der Waals surface area contributed by atoms with Crippen molar-refractivity contribution in [3.8, 4) is 0 Å². The number of allylic oxidation sites excluding steroid dienone is 2. The molecule has 2 aliphatic heterocycles. The quantitative estimate of drug-likeness (QED) is 0.732. The van der Waals surface area contributed by atoms with Gasteiger partial charge in [-0.2, -0.15) is 0 Å². The van der Waals surface area contributed by atoms with Gasteiger partial charge in [-0.15, -0.1) is 0 Å². The molecule has 4 aliphatic rings. The third kappa shape index (κ3) is 4.64. The maximum atomic E-state index is 13.0. The van der Waals surface area contributed by atoms with E-state index in [2.05, 4.69) is 22.0 Å². The summed E-state index contributed by atoms with van der Waals surface area (Å²) in [5.74, 6) is 2.08. The summed E-state index contributed by atoms with van der Waals surface area (Å²) in [5, 5.41) is 0. The van der Waals surface area contributed by atoms with Crippen LogP contribution in [0, 0.1) is 11.8 Å². The highest BCUT2D eigenvalue weighted by Gasteiger charge is 2.34. The van der Waals surface area contributed by atoms with Gasteiger partial charge in [0, 0.05) is 38.2 Å². The first-order valence-electron chi connectivity index (χ1n) is 12.5. The van der Waals surface area contributed by atoms with Crippen molar-refractivity contribution in [2.24, 2.45) is 11.8 Å². The van der Waals surface area contributed by atoms with Crippen LogP contribution < -0.4 is 5.56 Å². The molecule has 2 fully saturated rings. The van der Waals surface area contributed by atoms with Crippen molar-refractivity contribution in [3.63, 3.8) is 0 Å². The average molecular weight is 425 g/mol. The van der Waals surface area contributed by atoms with Crippen LogP contribution in [0.15, 0.2) is 16.9 Å². The molecule has 1 aromatic heterocycles. The predicted octanol–water partition coefficient (Wildman–Crippen LogP) is 3.73. The SMILES string of the molecule is O=C(C[C@H]1C=CCC1)N1CCC[C@@H]1c1nc2c(c(=O)[nH]1)CCN(CC1CCCCC1)C2. The van der Waals surface area contributed by atoms with Crippen LogP contribution in [0.3, 0.4) is 0 Å². The number of nitrogens with zero attached hydrogens (tertiary/aromatic N) is 3. The maximum Gasteiger partial charge on any atom is 0.254 e. The molecular formula is C25H36N4O2. The molecule has 0 unspecified atom stereocenters. The van der Waals surface area contributed by atoms with E-state index in [0.717, 1.165) is 75.5 Å². The molecule has 31 heavy (non-hydrogen) atoms. The van der Waals surface area contributed by atoms with Gasteiger partial charge in [-0.05, 0) is 56.8 Å². The topological polar surface area (TPSA) is 69.3 Å². The van der Waals surface area contributed by atoms with Gasteiger partial charge in [0.2, 0.25) is 5.91 Å². The van der Waals surface area contributed by atoms with Crippen molar-refractivity contribution in [1.82, 2.24) is 19.8 Å². The third-order valence-electron chi connectivity index (χ3n) is 7.85. The number of likely N-dealkylation sites (tertiary alicyclic amines) is 1. The van der Waals surface area contributed by atoms with Crippen molar-refractivity contribution in [1.29, 1.82) is 0 Å². The molecule has 0 bridgehead atoms. The summed E-state index contributed by atoms with van der Waals surface area (Å²) in [6, 6.07) is -0.0791. The summed E-state index contributed by atoms with van der Waals surface area (Å²) in [7, 11) is 0. The zero-order valence-corrected chi connectivity index (χ0v) is 18.7. The second-order valence-corrected chi connectivity index (χ2v) is 10.1. The van der Waals surface area contributed by atoms with Crippen LogP contribution in [0.4, 0.5) is 0 Å². The molecule has 1 amide bonds. The molecule has 6 heteroatoms. The molecular weight excluding hydrogens is 388 g/mol. The zero-order valence-electron chi connectivity index (χ0n) is 18.7. The Morgan fingerprint density at radius 3 is 2.77 bits per heavy atom. The number of rotatable bonds is 5. The Labute approximate surface area is 185 Å². The van der Waals surface area contributed by atoms with Crippen molar-refractivity contribution >= 4 is 5.91 Å². The van der Waals surface area contributed by atoms with Gasteiger partial charge in [0.05, 0.1) is 11.7 Å². The largest absolute Gasteiger partial charge is 0.332 e. The fourth-order valence-electron chi connectivity index (χ4n) is 6.12. The van der Waals surface area contributed by atoms with E-state index >= 15 is 0 Å². The summed E-state index contributed by atoms with van der Waals surface area (Å²) >= 11 is 0. The number of carbonyl (C=O) groups is 1. The molecule has 1 saturated carbocycles. The van der Waals surface area contributed by atoms with E-state index in [-0.39, 0.29) is 17.5 Å². The Morgan fingerprint density at radius 1 is 1.10 bits per heavy atom. The van der Waals surface area contributed by atoms with Gasteiger partial charge in [-0.1, -0.05) is 31.4 Å². The molecule has 5 rings (SSSR count). The second kappa shape index (κ2) is 9.27.